The van der Waals surface area contributed by atoms with Crippen LogP contribution >= 0.6 is 0 Å². The topological polar surface area (TPSA) is 52.6 Å². The Morgan fingerprint density at radius 2 is 1.95 bits per heavy atom. The maximum absolute atomic E-state index is 12.5. The molecule has 1 aromatic carbocycles. The summed E-state index contributed by atoms with van der Waals surface area (Å²) in [5, 5.41) is 12.7. The number of hydrogen-bond acceptors (Lipinski definition) is 3. The van der Waals surface area contributed by atoms with E-state index < -0.39 is 0 Å². The molecule has 116 valence electrons. The number of likely N-dealkylation sites (tertiary alicyclic amines) is 1. The highest BCUT2D eigenvalue weighted by Crippen LogP contribution is 2.23. The molecule has 1 heterocycles. The zero-order valence-corrected chi connectivity index (χ0v) is 13.4. The number of para-hydroxylation sites is 1. The van der Waals surface area contributed by atoms with Crippen LogP contribution in [0.5, 0.6) is 0 Å². The van der Waals surface area contributed by atoms with Gasteiger partial charge in [0.15, 0.2) is 0 Å². The highest BCUT2D eigenvalue weighted by atomic mass is 16.3. The molecule has 1 saturated heterocycles. The van der Waals surface area contributed by atoms with Crippen molar-refractivity contribution in [1.29, 1.82) is 0 Å². The third-order valence-electron chi connectivity index (χ3n) is 4.59. The predicted molar refractivity (Wildman–Crippen MR) is 85.4 cm³/mol. The number of anilines is 1. The molecule has 0 saturated carbocycles. The van der Waals surface area contributed by atoms with Crippen LogP contribution in [-0.2, 0) is 4.79 Å². The lowest BCUT2D eigenvalue weighted by Crippen LogP contribution is -2.41. The normalized spacial score (nSPS) is 22.0. The van der Waals surface area contributed by atoms with Crippen LogP contribution < -0.4 is 5.32 Å². The maximum atomic E-state index is 12.5. The highest BCUT2D eigenvalue weighted by Gasteiger charge is 2.31. The fourth-order valence-corrected chi connectivity index (χ4v) is 2.97. The number of aliphatic hydroxyl groups is 1. The summed E-state index contributed by atoms with van der Waals surface area (Å²) >= 11 is 0. The van der Waals surface area contributed by atoms with Crippen molar-refractivity contribution in [2.75, 3.05) is 18.4 Å². The molecule has 0 spiro atoms. The molecular weight excluding hydrogens is 264 g/mol. The van der Waals surface area contributed by atoms with Crippen molar-refractivity contribution in [3.05, 3.63) is 29.3 Å². The van der Waals surface area contributed by atoms with Crippen molar-refractivity contribution in [3.63, 3.8) is 0 Å². The Morgan fingerprint density at radius 1 is 1.33 bits per heavy atom. The van der Waals surface area contributed by atoms with Crippen LogP contribution in [0.15, 0.2) is 18.2 Å². The molecule has 3 atom stereocenters. The third kappa shape index (κ3) is 3.63. The number of hydrogen-bond donors (Lipinski definition) is 2. The summed E-state index contributed by atoms with van der Waals surface area (Å²) in [6.07, 6.45) is 0.655. The van der Waals surface area contributed by atoms with Gasteiger partial charge in [-0.25, -0.2) is 0 Å². The van der Waals surface area contributed by atoms with Gasteiger partial charge in [-0.15, -0.1) is 0 Å². The molecule has 1 aliphatic rings. The summed E-state index contributed by atoms with van der Waals surface area (Å²) in [6.45, 7) is 9.44. The van der Waals surface area contributed by atoms with E-state index in [9.17, 15) is 9.90 Å². The Kier molecular flexibility index (Phi) is 5.01. The van der Waals surface area contributed by atoms with Gasteiger partial charge in [-0.05, 0) is 57.7 Å². The second-order valence-electron chi connectivity index (χ2n) is 6.22. The molecule has 3 unspecified atom stereocenters. The van der Waals surface area contributed by atoms with E-state index in [0.717, 1.165) is 36.3 Å². The zero-order chi connectivity index (χ0) is 15.6. The van der Waals surface area contributed by atoms with Crippen LogP contribution in [0.4, 0.5) is 5.69 Å². The number of rotatable bonds is 4. The summed E-state index contributed by atoms with van der Waals surface area (Å²) in [5.41, 5.74) is 3.08. The molecule has 1 amide bonds. The molecule has 4 heteroatoms. The van der Waals surface area contributed by atoms with Crippen LogP contribution in [-0.4, -0.2) is 41.1 Å². The Hall–Kier alpha value is -1.39. The van der Waals surface area contributed by atoms with Gasteiger partial charge in [0.25, 0.3) is 0 Å². The number of aliphatic hydroxyl groups excluding tert-OH is 1. The van der Waals surface area contributed by atoms with Crippen molar-refractivity contribution in [2.24, 2.45) is 5.92 Å². The number of benzene rings is 1. The molecular formula is C17H26N2O2. The number of nitrogens with one attached hydrogen (secondary N) is 1. The van der Waals surface area contributed by atoms with Gasteiger partial charge in [-0.3, -0.25) is 9.69 Å². The van der Waals surface area contributed by atoms with Crippen molar-refractivity contribution in [3.8, 4) is 0 Å². The van der Waals surface area contributed by atoms with Gasteiger partial charge in [0, 0.05) is 12.2 Å². The number of amides is 1. The van der Waals surface area contributed by atoms with Gasteiger partial charge < -0.3 is 10.4 Å². The average Bonchev–Trinajstić information content (AvgIpc) is 2.92. The van der Waals surface area contributed by atoms with E-state index in [1.807, 2.05) is 45.9 Å². The smallest absolute Gasteiger partial charge is 0.241 e. The Bertz CT molecular complexity index is 493. The van der Waals surface area contributed by atoms with Crippen LogP contribution in [0, 0.1) is 19.8 Å². The molecule has 0 aliphatic carbocycles. The lowest BCUT2D eigenvalue weighted by Gasteiger charge is -2.24. The number of carbonyl (C=O) groups is 1. The summed E-state index contributed by atoms with van der Waals surface area (Å²) in [5.74, 6) is 0.305. The number of carbonyl (C=O) groups excluding carboxylic acids is 1. The molecule has 4 nitrogen and oxygen atoms in total. The molecule has 1 aliphatic heterocycles. The quantitative estimate of drug-likeness (QED) is 0.895. The Labute approximate surface area is 127 Å². The fraction of sp³-hybridized carbons (Fsp3) is 0.588. The minimum Gasteiger partial charge on any atom is -0.393 e. The zero-order valence-electron chi connectivity index (χ0n) is 13.4. The SMILES string of the molecule is Cc1cccc(C)c1NC(=O)C(C)N1CCC(C(C)O)C1. The standard InChI is InChI=1S/C17H26N2O2/c1-11-6-5-7-12(2)16(11)18-17(21)13(3)19-9-8-15(10-19)14(4)20/h5-7,13-15,20H,8-10H2,1-4H3,(H,18,21). The largest absolute Gasteiger partial charge is 0.393 e. The van der Waals surface area contributed by atoms with E-state index in [-0.39, 0.29) is 24.0 Å². The van der Waals surface area contributed by atoms with Gasteiger partial charge >= 0.3 is 0 Å². The second kappa shape index (κ2) is 6.58. The highest BCUT2D eigenvalue weighted by molar-refractivity contribution is 5.95. The fourth-order valence-electron chi connectivity index (χ4n) is 2.97. The van der Waals surface area contributed by atoms with Crippen molar-refractivity contribution >= 4 is 11.6 Å². The van der Waals surface area contributed by atoms with Gasteiger partial charge in [0.05, 0.1) is 12.1 Å². The van der Waals surface area contributed by atoms with E-state index in [1.54, 1.807) is 0 Å². The lowest BCUT2D eigenvalue weighted by molar-refractivity contribution is -0.120. The van der Waals surface area contributed by atoms with Gasteiger partial charge in [0.2, 0.25) is 5.91 Å². The minimum absolute atomic E-state index is 0.0265. The van der Waals surface area contributed by atoms with Crippen molar-refractivity contribution < 1.29 is 9.90 Å². The van der Waals surface area contributed by atoms with E-state index in [4.69, 9.17) is 0 Å². The molecule has 1 aromatic rings. The summed E-state index contributed by atoms with van der Waals surface area (Å²) in [7, 11) is 0. The van der Waals surface area contributed by atoms with Crippen LogP contribution in [0.25, 0.3) is 0 Å². The molecule has 0 aromatic heterocycles. The van der Waals surface area contributed by atoms with Crippen molar-refractivity contribution in [2.45, 2.75) is 46.3 Å². The van der Waals surface area contributed by atoms with Crippen LogP contribution in [0.3, 0.4) is 0 Å². The molecule has 2 rings (SSSR count). The van der Waals surface area contributed by atoms with Gasteiger partial charge in [-0.2, -0.15) is 0 Å². The van der Waals surface area contributed by atoms with Gasteiger partial charge in [-0.1, -0.05) is 18.2 Å². The number of aryl methyl sites for hydroxylation is 2. The lowest BCUT2D eigenvalue weighted by atomic mass is 10.0. The maximum Gasteiger partial charge on any atom is 0.241 e. The van der Waals surface area contributed by atoms with Crippen LogP contribution in [0.2, 0.25) is 0 Å². The Balaban J connectivity index is 2.01. The third-order valence-corrected chi connectivity index (χ3v) is 4.59. The monoisotopic (exact) mass is 290 g/mol. The van der Waals surface area contributed by atoms with E-state index in [0.29, 0.717) is 0 Å². The van der Waals surface area contributed by atoms with E-state index >= 15 is 0 Å². The first kappa shape index (κ1) is 16.0. The molecule has 0 bridgehead atoms. The summed E-state index contributed by atoms with van der Waals surface area (Å²) in [6, 6.07) is 5.84. The molecule has 1 fully saturated rings. The molecule has 0 radical (unpaired) electrons. The second-order valence-corrected chi connectivity index (χ2v) is 6.22. The average molecular weight is 290 g/mol. The first-order valence-electron chi connectivity index (χ1n) is 7.69. The molecule has 2 N–H and O–H groups in total. The van der Waals surface area contributed by atoms with Gasteiger partial charge in [0.1, 0.15) is 0 Å². The minimum atomic E-state index is -0.302. The first-order valence-corrected chi connectivity index (χ1v) is 7.69. The summed E-state index contributed by atoms with van der Waals surface area (Å²) < 4.78 is 0. The van der Waals surface area contributed by atoms with E-state index in [1.165, 1.54) is 0 Å². The van der Waals surface area contributed by atoms with Crippen molar-refractivity contribution in [1.82, 2.24) is 4.90 Å². The Morgan fingerprint density at radius 3 is 2.48 bits per heavy atom. The predicted octanol–water partition coefficient (Wildman–Crippen LogP) is 2.33. The first-order chi connectivity index (χ1) is 9.90. The number of nitrogens with zero attached hydrogens (tertiary/aromatic N) is 1. The molecule has 21 heavy (non-hydrogen) atoms. The van der Waals surface area contributed by atoms with E-state index in [2.05, 4.69) is 10.2 Å². The summed E-state index contributed by atoms with van der Waals surface area (Å²) in [4.78, 5) is 14.6. The van der Waals surface area contributed by atoms with Crippen LogP contribution in [0.1, 0.15) is 31.4 Å².